The van der Waals surface area contributed by atoms with Gasteiger partial charge in [-0.25, -0.2) is 0 Å². The van der Waals surface area contributed by atoms with Crippen LogP contribution in [0.1, 0.15) is 23.7 Å². The number of rotatable bonds is 2. The number of hydrogen-bond acceptors (Lipinski definition) is 2. The third-order valence-electron chi connectivity index (χ3n) is 1.44. The van der Waals surface area contributed by atoms with Gasteiger partial charge in [-0.15, -0.1) is 0 Å². The first-order valence-corrected chi connectivity index (χ1v) is 3.46. The zero-order chi connectivity index (χ0) is 8.27. The number of H-pyrrole nitrogens is 1. The lowest BCUT2D eigenvalue weighted by Gasteiger charge is -1.93. The Morgan fingerprint density at radius 3 is 2.91 bits per heavy atom. The van der Waals surface area contributed by atoms with Gasteiger partial charge in [0.2, 0.25) is 0 Å². The van der Waals surface area contributed by atoms with Crippen LogP contribution in [0, 0.1) is 0 Å². The van der Waals surface area contributed by atoms with E-state index < -0.39 is 0 Å². The van der Waals surface area contributed by atoms with Crippen molar-refractivity contribution in [2.75, 3.05) is 0 Å². The van der Waals surface area contributed by atoms with Gasteiger partial charge in [0, 0.05) is 12.6 Å². The fourth-order valence-corrected chi connectivity index (χ4v) is 0.832. The Kier molecular flexibility index (Phi) is 2.21. The summed E-state index contributed by atoms with van der Waals surface area (Å²) in [6.07, 6.45) is 1.88. The maximum atomic E-state index is 11.0. The first-order chi connectivity index (χ1) is 5.25. The number of carbonyl (C=O) groups excluding carboxylic acids is 1. The Morgan fingerprint density at radius 2 is 2.36 bits per heavy atom. The minimum atomic E-state index is -0.306. The van der Waals surface area contributed by atoms with Crippen molar-refractivity contribution < 1.29 is 4.79 Å². The molecule has 0 atom stereocenters. The van der Waals surface area contributed by atoms with Gasteiger partial charge >= 0.3 is 0 Å². The van der Waals surface area contributed by atoms with Crippen LogP contribution in [0.2, 0.25) is 0 Å². The molecule has 0 aromatic carbocycles. The van der Waals surface area contributed by atoms with Crippen molar-refractivity contribution in [2.45, 2.75) is 13.3 Å². The van der Waals surface area contributed by atoms with E-state index >= 15 is 0 Å². The summed E-state index contributed by atoms with van der Waals surface area (Å²) in [6, 6.07) is 3.18. The predicted octanol–water partition coefficient (Wildman–Crippen LogP) is 0.968. The summed E-state index contributed by atoms with van der Waals surface area (Å²) < 4.78 is 0. The van der Waals surface area contributed by atoms with Crippen LogP contribution in [0.25, 0.3) is 0 Å². The SMILES string of the molecule is CCC(=O)c1ccc[nH]c1=O. The molecule has 1 aromatic heterocycles. The van der Waals surface area contributed by atoms with Crippen molar-refractivity contribution in [3.05, 3.63) is 34.2 Å². The molecule has 0 aliphatic heterocycles. The molecule has 0 unspecified atom stereocenters. The summed E-state index contributed by atoms with van der Waals surface area (Å²) in [6.45, 7) is 1.73. The molecule has 0 fully saturated rings. The van der Waals surface area contributed by atoms with Crippen molar-refractivity contribution in [1.29, 1.82) is 0 Å². The number of carbonyl (C=O) groups is 1. The monoisotopic (exact) mass is 151 g/mol. The molecule has 11 heavy (non-hydrogen) atoms. The first-order valence-electron chi connectivity index (χ1n) is 3.46. The molecule has 0 amide bonds. The highest BCUT2D eigenvalue weighted by Gasteiger charge is 2.05. The quantitative estimate of drug-likeness (QED) is 0.640. The Balaban J connectivity index is 3.14. The molecule has 0 aliphatic carbocycles. The fraction of sp³-hybridized carbons (Fsp3) is 0.250. The predicted molar refractivity (Wildman–Crippen MR) is 41.7 cm³/mol. The van der Waals surface area contributed by atoms with Gasteiger partial charge in [0.1, 0.15) is 0 Å². The minimum Gasteiger partial charge on any atom is -0.328 e. The Bertz CT molecular complexity index is 314. The van der Waals surface area contributed by atoms with E-state index in [2.05, 4.69) is 4.98 Å². The fourth-order valence-electron chi connectivity index (χ4n) is 0.832. The number of ketones is 1. The molecule has 3 heteroatoms. The molecule has 3 nitrogen and oxygen atoms in total. The number of aromatic amines is 1. The topological polar surface area (TPSA) is 49.9 Å². The van der Waals surface area contributed by atoms with Crippen molar-refractivity contribution in [2.24, 2.45) is 0 Å². The number of pyridine rings is 1. The summed E-state index contributed by atoms with van der Waals surface area (Å²) >= 11 is 0. The van der Waals surface area contributed by atoms with Gasteiger partial charge in [-0.05, 0) is 12.1 Å². The van der Waals surface area contributed by atoms with E-state index in [0.29, 0.717) is 6.42 Å². The number of nitrogens with one attached hydrogen (secondary N) is 1. The lowest BCUT2D eigenvalue weighted by Crippen LogP contribution is -2.15. The lowest BCUT2D eigenvalue weighted by atomic mass is 10.1. The molecule has 0 spiro atoms. The standard InChI is InChI=1S/C8H9NO2/c1-2-7(10)6-4-3-5-9-8(6)11/h3-5H,2H2,1H3,(H,9,11). The molecule has 1 aromatic rings. The molecular formula is C8H9NO2. The highest BCUT2D eigenvalue weighted by atomic mass is 16.1. The normalized spacial score (nSPS) is 9.55. The summed E-state index contributed by atoms with van der Waals surface area (Å²) in [5, 5.41) is 0. The summed E-state index contributed by atoms with van der Waals surface area (Å²) in [4.78, 5) is 24.4. The highest BCUT2D eigenvalue weighted by molar-refractivity contribution is 5.95. The summed E-state index contributed by atoms with van der Waals surface area (Å²) in [5.41, 5.74) is -0.0608. The van der Waals surface area contributed by atoms with Crippen LogP contribution in [0.5, 0.6) is 0 Å². The van der Waals surface area contributed by atoms with Gasteiger partial charge in [0.05, 0.1) is 5.56 Å². The largest absolute Gasteiger partial charge is 0.328 e. The Hall–Kier alpha value is -1.38. The highest BCUT2D eigenvalue weighted by Crippen LogP contribution is 1.94. The smallest absolute Gasteiger partial charge is 0.258 e. The maximum Gasteiger partial charge on any atom is 0.258 e. The van der Waals surface area contributed by atoms with Gasteiger partial charge < -0.3 is 4.98 Å². The molecule has 0 saturated heterocycles. The molecule has 1 N–H and O–H groups in total. The number of Topliss-reactive ketones (excluding diaryl/α,β-unsaturated/α-hetero) is 1. The number of aromatic nitrogens is 1. The van der Waals surface area contributed by atoms with Crippen LogP contribution in [-0.4, -0.2) is 10.8 Å². The van der Waals surface area contributed by atoms with Crippen molar-refractivity contribution >= 4 is 5.78 Å². The van der Waals surface area contributed by atoms with Crippen LogP contribution in [0.3, 0.4) is 0 Å². The Labute approximate surface area is 64.1 Å². The van der Waals surface area contributed by atoms with Gasteiger partial charge in [0.25, 0.3) is 5.56 Å². The molecule has 58 valence electrons. The van der Waals surface area contributed by atoms with Crippen molar-refractivity contribution in [1.82, 2.24) is 4.98 Å². The molecular weight excluding hydrogens is 142 g/mol. The van der Waals surface area contributed by atoms with Gasteiger partial charge in [-0.3, -0.25) is 9.59 Å². The maximum absolute atomic E-state index is 11.0. The van der Waals surface area contributed by atoms with E-state index in [0.717, 1.165) is 0 Å². The molecule has 0 radical (unpaired) electrons. The van der Waals surface area contributed by atoms with Crippen LogP contribution in [-0.2, 0) is 0 Å². The van der Waals surface area contributed by atoms with Gasteiger partial charge in [-0.1, -0.05) is 6.92 Å². The molecule has 0 saturated carbocycles. The molecule has 1 heterocycles. The van der Waals surface area contributed by atoms with Gasteiger partial charge in [0.15, 0.2) is 5.78 Å². The van der Waals surface area contributed by atoms with Crippen molar-refractivity contribution in [3.8, 4) is 0 Å². The average Bonchev–Trinajstić information content (AvgIpc) is 2.04. The molecule has 0 bridgehead atoms. The van der Waals surface area contributed by atoms with E-state index in [-0.39, 0.29) is 16.9 Å². The number of hydrogen-bond donors (Lipinski definition) is 1. The van der Waals surface area contributed by atoms with Crippen LogP contribution in [0.15, 0.2) is 23.1 Å². The second-order valence-corrected chi connectivity index (χ2v) is 2.19. The lowest BCUT2D eigenvalue weighted by molar-refractivity contribution is 0.0986. The van der Waals surface area contributed by atoms with E-state index in [9.17, 15) is 9.59 Å². The first kappa shape index (κ1) is 7.72. The van der Waals surface area contributed by atoms with Crippen LogP contribution < -0.4 is 5.56 Å². The third kappa shape index (κ3) is 1.55. The summed E-state index contributed by atoms with van der Waals surface area (Å²) in [5.74, 6) is -0.119. The average molecular weight is 151 g/mol. The Morgan fingerprint density at radius 1 is 1.64 bits per heavy atom. The second kappa shape index (κ2) is 3.14. The summed E-state index contributed by atoms with van der Waals surface area (Å²) in [7, 11) is 0. The van der Waals surface area contributed by atoms with E-state index in [1.54, 1.807) is 13.0 Å². The molecule has 1 rings (SSSR count). The third-order valence-corrected chi connectivity index (χ3v) is 1.44. The zero-order valence-electron chi connectivity index (χ0n) is 6.26. The van der Waals surface area contributed by atoms with E-state index in [4.69, 9.17) is 0 Å². The van der Waals surface area contributed by atoms with Crippen LogP contribution >= 0.6 is 0 Å². The molecule has 0 aliphatic rings. The minimum absolute atomic E-state index is 0.119. The second-order valence-electron chi connectivity index (χ2n) is 2.19. The van der Waals surface area contributed by atoms with Gasteiger partial charge in [-0.2, -0.15) is 0 Å². The zero-order valence-corrected chi connectivity index (χ0v) is 6.26. The van der Waals surface area contributed by atoms with E-state index in [1.807, 2.05) is 0 Å². The van der Waals surface area contributed by atoms with Crippen LogP contribution in [0.4, 0.5) is 0 Å². The van der Waals surface area contributed by atoms with E-state index in [1.165, 1.54) is 12.3 Å². The van der Waals surface area contributed by atoms with Crippen molar-refractivity contribution in [3.63, 3.8) is 0 Å².